The van der Waals surface area contributed by atoms with E-state index in [9.17, 15) is 4.79 Å². The van der Waals surface area contributed by atoms with Crippen LogP contribution in [0, 0.1) is 0 Å². The van der Waals surface area contributed by atoms with Gasteiger partial charge in [-0.1, -0.05) is 0 Å². The van der Waals surface area contributed by atoms with E-state index in [-0.39, 0.29) is 6.42 Å². The fourth-order valence-corrected chi connectivity index (χ4v) is 2.43. The Morgan fingerprint density at radius 1 is 1.47 bits per heavy atom. The molecule has 2 atom stereocenters. The minimum Gasteiger partial charge on any atom is -0.481 e. The summed E-state index contributed by atoms with van der Waals surface area (Å²) in [4.78, 5) is 13.0. The van der Waals surface area contributed by atoms with Gasteiger partial charge >= 0.3 is 5.97 Å². The van der Waals surface area contributed by atoms with E-state index in [4.69, 9.17) is 5.11 Å². The highest BCUT2D eigenvalue weighted by atomic mass is 16.4. The van der Waals surface area contributed by atoms with Crippen LogP contribution < -0.4 is 5.32 Å². The molecule has 2 aliphatic rings. The normalized spacial score (nSPS) is 32.9. The molecule has 2 N–H and O–H groups in total. The fourth-order valence-electron chi connectivity index (χ4n) is 2.43. The second-order valence-electron chi connectivity index (χ2n) is 4.88. The SMILES string of the molecule is CC1CN(C2CC2)CC(CCC(=O)O)N1. The lowest BCUT2D eigenvalue weighted by molar-refractivity contribution is -0.137. The molecule has 0 aromatic heterocycles. The summed E-state index contributed by atoms with van der Waals surface area (Å²) in [5.41, 5.74) is 0. The Morgan fingerprint density at radius 2 is 2.20 bits per heavy atom. The van der Waals surface area contributed by atoms with Crippen LogP contribution in [0.3, 0.4) is 0 Å². The maximum Gasteiger partial charge on any atom is 0.303 e. The molecule has 2 unspecified atom stereocenters. The van der Waals surface area contributed by atoms with Crippen LogP contribution in [-0.2, 0) is 4.79 Å². The smallest absolute Gasteiger partial charge is 0.303 e. The first-order valence-electron chi connectivity index (χ1n) is 5.87. The van der Waals surface area contributed by atoms with E-state index in [0.29, 0.717) is 12.1 Å². The zero-order valence-corrected chi connectivity index (χ0v) is 9.28. The summed E-state index contributed by atoms with van der Waals surface area (Å²) in [6.45, 7) is 4.33. The number of nitrogens with one attached hydrogen (secondary N) is 1. The van der Waals surface area contributed by atoms with Gasteiger partial charge in [0.1, 0.15) is 0 Å². The quantitative estimate of drug-likeness (QED) is 0.719. The average molecular weight is 212 g/mol. The van der Waals surface area contributed by atoms with Crippen molar-refractivity contribution in [3.8, 4) is 0 Å². The molecule has 4 nitrogen and oxygen atoms in total. The van der Waals surface area contributed by atoms with E-state index in [2.05, 4.69) is 17.1 Å². The van der Waals surface area contributed by atoms with Gasteiger partial charge in [-0.3, -0.25) is 9.69 Å². The van der Waals surface area contributed by atoms with Crippen molar-refractivity contribution in [2.75, 3.05) is 13.1 Å². The minimum atomic E-state index is -0.687. The summed E-state index contributed by atoms with van der Waals surface area (Å²) in [6, 6.07) is 1.66. The number of carbonyl (C=O) groups is 1. The molecule has 0 aromatic carbocycles. The molecule has 0 bridgehead atoms. The lowest BCUT2D eigenvalue weighted by Crippen LogP contribution is -2.56. The molecule has 1 aliphatic carbocycles. The third-order valence-electron chi connectivity index (χ3n) is 3.25. The standard InChI is InChI=1S/C11H20N2O2/c1-8-6-13(10-3-4-10)7-9(12-8)2-5-11(14)15/h8-10,12H,2-7H2,1H3,(H,14,15). The van der Waals surface area contributed by atoms with Crippen LogP contribution in [0.1, 0.15) is 32.6 Å². The Labute approximate surface area is 90.6 Å². The van der Waals surface area contributed by atoms with Crippen LogP contribution in [0.4, 0.5) is 0 Å². The van der Waals surface area contributed by atoms with Gasteiger partial charge in [-0.25, -0.2) is 0 Å². The highest BCUT2D eigenvalue weighted by Gasteiger charge is 2.34. The number of rotatable bonds is 4. The molecule has 1 heterocycles. The van der Waals surface area contributed by atoms with E-state index < -0.39 is 5.97 Å². The largest absolute Gasteiger partial charge is 0.481 e. The lowest BCUT2D eigenvalue weighted by Gasteiger charge is -2.37. The summed E-state index contributed by atoms with van der Waals surface area (Å²) >= 11 is 0. The Hall–Kier alpha value is -0.610. The van der Waals surface area contributed by atoms with E-state index in [1.54, 1.807) is 0 Å². The number of aliphatic carboxylic acids is 1. The molecule has 2 fully saturated rings. The maximum absolute atomic E-state index is 10.5. The van der Waals surface area contributed by atoms with E-state index >= 15 is 0 Å². The molecule has 2 rings (SSSR count). The van der Waals surface area contributed by atoms with Gasteiger partial charge < -0.3 is 10.4 Å². The Balaban J connectivity index is 1.80. The van der Waals surface area contributed by atoms with Crippen LogP contribution in [0.5, 0.6) is 0 Å². The summed E-state index contributed by atoms with van der Waals surface area (Å²) in [5, 5.41) is 12.1. The monoisotopic (exact) mass is 212 g/mol. The highest BCUT2D eigenvalue weighted by Crippen LogP contribution is 2.28. The van der Waals surface area contributed by atoms with E-state index in [0.717, 1.165) is 25.6 Å². The summed E-state index contributed by atoms with van der Waals surface area (Å²) in [6.07, 6.45) is 3.70. The summed E-state index contributed by atoms with van der Waals surface area (Å²) in [7, 11) is 0. The number of carboxylic acid groups (broad SMARTS) is 1. The van der Waals surface area contributed by atoms with Gasteiger partial charge in [0.25, 0.3) is 0 Å². The molecule has 0 aromatic rings. The van der Waals surface area contributed by atoms with Gasteiger partial charge in [0.15, 0.2) is 0 Å². The minimum absolute atomic E-state index is 0.281. The number of nitrogens with zero attached hydrogens (tertiary/aromatic N) is 1. The number of piperazine rings is 1. The number of hydrogen-bond acceptors (Lipinski definition) is 3. The van der Waals surface area contributed by atoms with Crippen molar-refractivity contribution in [1.82, 2.24) is 10.2 Å². The fraction of sp³-hybridized carbons (Fsp3) is 0.909. The predicted octanol–water partition coefficient (Wildman–Crippen LogP) is 0.676. The van der Waals surface area contributed by atoms with Crippen LogP contribution >= 0.6 is 0 Å². The second-order valence-corrected chi connectivity index (χ2v) is 4.88. The van der Waals surface area contributed by atoms with Crippen molar-refractivity contribution >= 4 is 5.97 Å². The molecule has 0 spiro atoms. The van der Waals surface area contributed by atoms with Crippen molar-refractivity contribution in [2.24, 2.45) is 0 Å². The Bertz CT molecular complexity index is 241. The maximum atomic E-state index is 10.5. The van der Waals surface area contributed by atoms with Crippen molar-refractivity contribution in [3.05, 3.63) is 0 Å². The molecule has 0 radical (unpaired) electrons. The molecular formula is C11H20N2O2. The zero-order chi connectivity index (χ0) is 10.8. The lowest BCUT2D eigenvalue weighted by atomic mass is 10.1. The molecule has 0 amide bonds. The van der Waals surface area contributed by atoms with Gasteiger partial charge in [-0.05, 0) is 26.2 Å². The Kier molecular flexibility index (Phi) is 3.26. The molecule has 86 valence electrons. The molecule has 1 saturated heterocycles. The topological polar surface area (TPSA) is 52.6 Å². The third-order valence-corrected chi connectivity index (χ3v) is 3.25. The molecule has 1 saturated carbocycles. The van der Waals surface area contributed by atoms with Crippen LogP contribution in [0.15, 0.2) is 0 Å². The van der Waals surface area contributed by atoms with Gasteiger partial charge in [0, 0.05) is 37.6 Å². The van der Waals surface area contributed by atoms with Crippen molar-refractivity contribution in [3.63, 3.8) is 0 Å². The molecular weight excluding hydrogens is 192 g/mol. The van der Waals surface area contributed by atoms with E-state index in [1.807, 2.05) is 0 Å². The number of hydrogen-bond donors (Lipinski definition) is 2. The molecule has 4 heteroatoms. The van der Waals surface area contributed by atoms with Gasteiger partial charge in [0.2, 0.25) is 0 Å². The van der Waals surface area contributed by atoms with Crippen LogP contribution in [-0.4, -0.2) is 47.2 Å². The van der Waals surface area contributed by atoms with Gasteiger partial charge in [0.05, 0.1) is 0 Å². The summed E-state index contributed by atoms with van der Waals surface area (Å²) < 4.78 is 0. The van der Waals surface area contributed by atoms with Crippen molar-refractivity contribution in [1.29, 1.82) is 0 Å². The first-order valence-corrected chi connectivity index (χ1v) is 5.87. The van der Waals surface area contributed by atoms with E-state index in [1.165, 1.54) is 12.8 Å². The molecule has 1 aliphatic heterocycles. The van der Waals surface area contributed by atoms with Crippen molar-refractivity contribution < 1.29 is 9.90 Å². The number of carboxylic acids is 1. The van der Waals surface area contributed by atoms with Gasteiger partial charge in [-0.2, -0.15) is 0 Å². The van der Waals surface area contributed by atoms with Gasteiger partial charge in [-0.15, -0.1) is 0 Å². The average Bonchev–Trinajstić information content (AvgIpc) is 2.97. The molecule has 15 heavy (non-hydrogen) atoms. The highest BCUT2D eigenvalue weighted by molar-refractivity contribution is 5.66. The van der Waals surface area contributed by atoms with Crippen LogP contribution in [0.2, 0.25) is 0 Å². The Morgan fingerprint density at radius 3 is 2.80 bits per heavy atom. The van der Waals surface area contributed by atoms with Crippen LogP contribution in [0.25, 0.3) is 0 Å². The first kappa shape index (κ1) is 10.9. The predicted molar refractivity (Wildman–Crippen MR) is 57.9 cm³/mol. The van der Waals surface area contributed by atoms with Crippen molar-refractivity contribution in [2.45, 2.75) is 50.7 Å². The summed E-state index contributed by atoms with van der Waals surface area (Å²) in [5.74, 6) is -0.687. The first-order chi connectivity index (χ1) is 7.15. The second kappa shape index (κ2) is 4.49. The third kappa shape index (κ3) is 3.18. The zero-order valence-electron chi connectivity index (χ0n) is 9.28.